The largest absolute Gasteiger partial charge is 0.394 e. The van der Waals surface area contributed by atoms with Gasteiger partial charge in [0.15, 0.2) is 12.6 Å². The number of carbonyl (C=O) groups is 1. The first-order chi connectivity index (χ1) is 12.7. The summed E-state index contributed by atoms with van der Waals surface area (Å²) in [6, 6.07) is -2.32. The van der Waals surface area contributed by atoms with Gasteiger partial charge >= 0.3 is 0 Å². The molecule has 2 aliphatic heterocycles. The minimum atomic E-state index is -1.57. The normalized spacial score (nSPS) is 45.5. The number of aliphatic hydroxyl groups excluding tert-OH is 5. The lowest BCUT2D eigenvalue weighted by Crippen LogP contribution is -2.68. The number of carbonyl (C=O) groups excluding carboxylic acids is 1. The van der Waals surface area contributed by atoms with Gasteiger partial charge in [0.25, 0.3) is 0 Å². The Hall–Kier alpha value is -0.930. The molecule has 0 spiro atoms. The molecule has 0 aliphatic carbocycles. The van der Waals surface area contributed by atoms with E-state index in [4.69, 9.17) is 24.7 Å². The Labute approximate surface area is 155 Å². The van der Waals surface area contributed by atoms with Gasteiger partial charge in [0.1, 0.15) is 42.7 Å². The van der Waals surface area contributed by atoms with E-state index in [-0.39, 0.29) is 0 Å². The second-order valence-corrected chi connectivity index (χ2v) is 6.56. The maximum atomic E-state index is 11.3. The second kappa shape index (κ2) is 9.52. The van der Waals surface area contributed by atoms with E-state index >= 15 is 0 Å². The summed E-state index contributed by atoms with van der Waals surface area (Å²) < 4.78 is 21.5. The van der Waals surface area contributed by atoms with E-state index in [1.807, 2.05) is 0 Å². The van der Waals surface area contributed by atoms with Crippen LogP contribution in [-0.2, 0) is 23.7 Å². The van der Waals surface area contributed by atoms with Crippen molar-refractivity contribution in [2.75, 3.05) is 20.3 Å². The molecular weight excluding hydrogens is 368 g/mol. The molecule has 0 aromatic carbocycles. The zero-order chi connectivity index (χ0) is 20.3. The third-order valence-electron chi connectivity index (χ3n) is 4.71. The standard InChI is InChI=1S/C15H28N2O10/c1-5(20)17-9-11(22)13(7(4-19)25-14(9)23)27-15-8(16)10(21)12(24-2)6(3-18)26-15/h6-15,18-19,21-23H,3-4,16H2,1-2H3,(H,17,20). The van der Waals surface area contributed by atoms with Crippen LogP contribution in [0, 0.1) is 0 Å². The van der Waals surface area contributed by atoms with Crippen LogP contribution in [0.2, 0.25) is 0 Å². The summed E-state index contributed by atoms with van der Waals surface area (Å²) in [7, 11) is 1.33. The van der Waals surface area contributed by atoms with Crippen molar-refractivity contribution in [3.05, 3.63) is 0 Å². The van der Waals surface area contributed by atoms with E-state index in [0.717, 1.165) is 0 Å². The van der Waals surface area contributed by atoms with Gasteiger partial charge in [-0.3, -0.25) is 4.79 Å². The third-order valence-corrected chi connectivity index (χ3v) is 4.71. The molecule has 0 aromatic rings. The fourth-order valence-electron chi connectivity index (χ4n) is 3.30. The lowest BCUT2D eigenvalue weighted by molar-refractivity contribution is -0.327. The van der Waals surface area contributed by atoms with E-state index in [1.165, 1.54) is 14.0 Å². The van der Waals surface area contributed by atoms with Gasteiger partial charge in [0.2, 0.25) is 5.91 Å². The Morgan fingerprint density at radius 2 is 1.67 bits per heavy atom. The first-order valence-electron chi connectivity index (χ1n) is 8.52. The number of methoxy groups -OCH3 is 1. The topological polar surface area (TPSA) is 193 Å². The molecule has 0 saturated carbocycles. The quantitative estimate of drug-likeness (QED) is 0.228. The molecule has 2 rings (SSSR count). The number of aliphatic hydroxyl groups is 5. The van der Waals surface area contributed by atoms with Crippen LogP contribution in [0.3, 0.4) is 0 Å². The summed E-state index contributed by atoms with van der Waals surface area (Å²) in [5.74, 6) is -0.521. The highest BCUT2D eigenvalue weighted by molar-refractivity contribution is 5.73. The fraction of sp³-hybridized carbons (Fsp3) is 0.933. The van der Waals surface area contributed by atoms with Crippen LogP contribution >= 0.6 is 0 Å². The van der Waals surface area contributed by atoms with Crippen LogP contribution in [0.4, 0.5) is 0 Å². The SMILES string of the molecule is COC1C(CO)OC(OC2C(CO)OC(O)C(NC(C)=O)C2O)C(N)C1O. The van der Waals surface area contributed by atoms with Gasteiger partial charge in [-0.15, -0.1) is 0 Å². The van der Waals surface area contributed by atoms with Crippen LogP contribution in [0.1, 0.15) is 6.92 Å². The zero-order valence-corrected chi connectivity index (χ0v) is 15.0. The molecule has 0 aromatic heterocycles. The van der Waals surface area contributed by atoms with Crippen molar-refractivity contribution in [2.24, 2.45) is 5.73 Å². The van der Waals surface area contributed by atoms with Crippen molar-refractivity contribution in [3.8, 4) is 0 Å². The molecule has 0 radical (unpaired) electrons. The molecule has 12 nitrogen and oxygen atoms in total. The molecule has 2 fully saturated rings. The van der Waals surface area contributed by atoms with Crippen molar-refractivity contribution >= 4 is 5.91 Å². The summed E-state index contributed by atoms with van der Waals surface area (Å²) in [4.78, 5) is 11.3. The molecular formula is C15H28N2O10. The summed E-state index contributed by atoms with van der Waals surface area (Å²) in [6.45, 7) is 0.101. The Kier molecular flexibility index (Phi) is 7.88. The highest BCUT2D eigenvalue weighted by Crippen LogP contribution is 2.28. The highest BCUT2D eigenvalue weighted by Gasteiger charge is 2.50. The maximum absolute atomic E-state index is 11.3. The number of nitrogens with one attached hydrogen (secondary N) is 1. The zero-order valence-electron chi connectivity index (χ0n) is 15.0. The van der Waals surface area contributed by atoms with Crippen molar-refractivity contribution in [1.29, 1.82) is 0 Å². The lowest BCUT2D eigenvalue weighted by Gasteiger charge is -2.47. The number of amides is 1. The number of hydrogen-bond acceptors (Lipinski definition) is 11. The molecule has 2 heterocycles. The number of hydrogen-bond donors (Lipinski definition) is 7. The Bertz CT molecular complexity index is 495. The smallest absolute Gasteiger partial charge is 0.217 e. The minimum Gasteiger partial charge on any atom is -0.394 e. The first-order valence-corrected chi connectivity index (χ1v) is 8.52. The van der Waals surface area contributed by atoms with Crippen molar-refractivity contribution < 1.29 is 49.3 Å². The van der Waals surface area contributed by atoms with E-state index in [9.17, 15) is 30.3 Å². The van der Waals surface area contributed by atoms with Crippen LogP contribution in [0.15, 0.2) is 0 Å². The third kappa shape index (κ3) is 4.74. The number of ether oxygens (including phenoxy) is 4. The van der Waals surface area contributed by atoms with Crippen molar-refractivity contribution in [2.45, 2.75) is 68.2 Å². The summed E-state index contributed by atoms with van der Waals surface area (Å²) in [6.07, 6.45) is -9.81. The summed E-state index contributed by atoms with van der Waals surface area (Å²) >= 11 is 0. The number of rotatable bonds is 6. The molecule has 10 unspecified atom stereocenters. The Morgan fingerprint density at radius 3 is 2.19 bits per heavy atom. The number of nitrogens with two attached hydrogens (primary N) is 1. The molecule has 2 aliphatic rings. The molecule has 158 valence electrons. The average molecular weight is 396 g/mol. The van der Waals surface area contributed by atoms with Gasteiger partial charge in [0, 0.05) is 14.0 Å². The molecule has 8 N–H and O–H groups in total. The molecule has 2 saturated heterocycles. The molecule has 1 amide bonds. The average Bonchev–Trinajstić information content (AvgIpc) is 2.63. The van der Waals surface area contributed by atoms with E-state index in [1.54, 1.807) is 0 Å². The van der Waals surface area contributed by atoms with Crippen LogP contribution in [0.25, 0.3) is 0 Å². The van der Waals surface area contributed by atoms with Crippen molar-refractivity contribution in [3.63, 3.8) is 0 Å². The van der Waals surface area contributed by atoms with Crippen LogP contribution in [0.5, 0.6) is 0 Å². The molecule has 12 heteroatoms. The summed E-state index contributed by atoms with van der Waals surface area (Å²) in [5, 5.41) is 52.0. The van der Waals surface area contributed by atoms with E-state index < -0.39 is 80.4 Å². The van der Waals surface area contributed by atoms with Crippen molar-refractivity contribution in [1.82, 2.24) is 5.32 Å². The predicted molar refractivity (Wildman–Crippen MR) is 87.0 cm³/mol. The minimum absolute atomic E-state index is 0.484. The van der Waals surface area contributed by atoms with Gasteiger partial charge in [-0.1, -0.05) is 0 Å². The van der Waals surface area contributed by atoms with E-state index in [2.05, 4.69) is 5.32 Å². The Morgan fingerprint density at radius 1 is 1.07 bits per heavy atom. The van der Waals surface area contributed by atoms with Gasteiger partial charge in [-0.05, 0) is 0 Å². The summed E-state index contributed by atoms with van der Waals surface area (Å²) in [5.41, 5.74) is 5.93. The van der Waals surface area contributed by atoms with Gasteiger partial charge in [0.05, 0.1) is 19.3 Å². The second-order valence-electron chi connectivity index (χ2n) is 6.56. The lowest BCUT2D eigenvalue weighted by atomic mass is 9.95. The highest BCUT2D eigenvalue weighted by atomic mass is 16.7. The molecule has 27 heavy (non-hydrogen) atoms. The molecule has 10 atom stereocenters. The van der Waals surface area contributed by atoms with Gasteiger partial charge in [-0.2, -0.15) is 0 Å². The van der Waals surface area contributed by atoms with Gasteiger partial charge in [-0.25, -0.2) is 0 Å². The first kappa shape index (κ1) is 22.4. The predicted octanol–water partition coefficient (Wildman–Crippen LogP) is -4.63. The van der Waals surface area contributed by atoms with Crippen LogP contribution < -0.4 is 11.1 Å². The molecule has 0 bridgehead atoms. The maximum Gasteiger partial charge on any atom is 0.217 e. The monoisotopic (exact) mass is 396 g/mol. The van der Waals surface area contributed by atoms with Gasteiger partial charge < -0.3 is 55.5 Å². The fourth-order valence-corrected chi connectivity index (χ4v) is 3.30. The van der Waals surface area contributed by atoms with E-state index in [0.29, 0.717) is 0 Å². The Balaban J connectivity index is 2.17. The van der Waals surface area contributed by atoms with Crippen LogP contribution in [-0.4, -0.2) is 113 Å².